The minimum atomic E-state index is -4.64. The molecular formula is C14H27O8P. The molecular weight excluding hydrogens is 327 g/mol. The van der Waals surface area contributed by atoms with Gasteiger partial charge < -0.3 is 24.9 Å². The molecule has 0 fully saturated rings. The average molecular weight is 354 g/mol. The van der Waals surface area contributed by atoms with Crippen LogP contribution in [0.4, 0.5) is 0 Å². The predicted molar refractivity (Wildman–Crippen MR) is 84.8 cm³/mol. The molecule has 8 nitrogen and oxygen atoms in total. The van der Waals surface area contributed by atoms with Crippen LogP contribution >= 0.6 is 7.82 Å². The number of hydrogen-bond acceptors (Lipinski definition) is 4. The highest BCUT2D eigenvalue weighted by molar-refractivity contribution is 7.45. The summed E-state index contributed by atoms with van der Waals surface area (Å²) in [5.74, 6) is -2.32. The summed E-state index contributed by atoms with van der Waals surface area (Å²) in [7, 11) is -4.64. The van der Waals surface area contributed by atoms with Crippen LogP contribution in [0.25, 0.3) is 0 Å². The van der Waals surface area contributed by atoms with Gasteiger partial charge in [-0.1, -0.05) is 45.4 Å². The van der Waals surface area contributed by atoms with Gasteiger partial charge in [0.2, 0.25) is 0 Å². The summed E-state index contributed by atoms with van der Waals surface area (Å²) in [6.07, 6.45) is 7.86. The number of allylic oxidation sites excluding steroid dienone is 1. The second kappa shape index (κ2) is 13.2. The first-order chi connectivity index (χ1) is 10.5. The van der Waals surface area contributed by atoms with Gasteiger partial charge in [-0.25, -0.2) is 9.36 Å². The van der Waals surface area contributed by atoms with Gasteiger partial charge in [-0.3, -0.25) is 4.79 Å². The largest absolute Gasteiger partial charge is 0.504 e. The van der Waals surface area contributed by atoms with E-state index in [4.69, 9.17) is 24.4 Å². The molecule has 0 saturated heterocycles. The number of Topliss-reactive ketones (excluding diaryl/α,β-unsaturated/α-hetero) is 1. The van der Waals surface area contributed by atoms with Gasteiger partial charge in [0.15, 0.2) is 11.5 Å². The van der Waals surface area contributed by atoms with E-state index < -0.39 is 25.3 Å². The molecule has 0 aliphatic rings. The Hall–Kier alpha value is -1.21. The maximum Gasteiger partial charge on any atom is 0.466 e. The molecule has 0 radical (unpaired) electrons. The van der Waals surface area contributed by atoms with Gasteiger partial charge in [0, 0.05) is 6.42 Å². The highest BCUT2D eigenvalue weighted by Gasteiger charge is 2.15. The van der Waals surface area contributed by atoms with Crippen LogP contribution in [0.3, 0.4) is 0 Å². The second-order valence-corrected chi connectivity index (χ2v) is 6.11. The minimum absolute atomic E-state index is 0.226. The number of carboxylic acid groups (broad SMARTS) is 1. The number of rotatable bonds is 10. The number of carbonyl (C=O) groups is 2. The van der Waals surface area contributed by atoms with Crippen molar-refractivity contribution >= 4 is 19.6 Å². The summed E-state index contributed by atoms with van der Waals surface area (Å²) in [6.45, 7) is 3.40. The molecule has 0 saturated carbocycles. The second-order valence-electron chi connectivity index (χ2n) is 5.09. The van der Waals surface area contributed by atoms with E-state index >= 15 is 0 Å². The number of hydrogen-bond donors (Lipinski definition) is 5. The van der Waals surface area contributed by atoms with Gasteiger partial charge in [0.1, 0.15) is 0 Å². The van der Waals surface area contributed by atoms with Crippen molar-refractivity contribution in [2.24, 2.45) is 0 Å². The van der Waals surface area contributed by atoms with Gasteiger partial charge >= 0.3 is 13.8 Å². The van der Waals surface area contributed by atoms with Crippen LogP contribution in [0.15, 0.2) is 11.3 Å². The average Bonchev–Trinajstić information content (AvgIpc) is 2.42. The number of aliphatic hydroxyl groups excluding tert-OH is 1. The number of aliphatic carboxylic acids is 1. The summed E-state index contributed by atoms with van der Waals surface area (Å²) in [5, 5.41) is 18.0. The maximum atomic E-state index is 11.5. The zero-order chi connectivity index (χ0) is 18.5. The fraction of sp³-hybridized carbons (Fsp3) is 0.714. The molecule has 0 spiro atoms. The summed E-state index contributed by atoms with van der Waals surface area (Å²) >= 11 is 0. The van der Waals surface area contributed by atoms with Gasteiger partial charge in [0.25, 0.3) is 0 Å². The Labute approximate surface area is 136 Å². The summed E-state index contributed by atoms with van der Waals surface area (Å²) in [4.78, 5) is 43.6. The molecule has 0 unspecified atom stereocenters. The van der Waals surface area contributed by atoms with Gasteiger partial charge in [-0.15, -0.1) is 0 Å². The summed E-state index contributed by atoms with van der Waals surface area (Å²) in [5.41, 5.74) is -0.275. The SMILES string of the molecule is CCCCCCCCCC(=O)C(O)=C(C)C(=O)O.O=P(O)(O)O. The Kier molecular flexibility index (Phi) is 13.9. The van der Waals surface area contributed by atoms with Crippen LogP contribution in [0, 0.1) is 0 Å². The summed E-state index contributed by atoms with van der Waals surface area (Å²) in [6, 6.07) is 0. The molecule has 0 aromatic carbocycles. The third-order valence-electron chi connectivity index (χ3n) is 2.95. The molecule has 0 bridgehead atoms. The normalized spacial score (nSPS) is 12.0. The molecule has 136 valence electrons. The third-order valence-corrected chi connectivity index (χ3v) is 2.95. The Balaban J connectivity index is 0. The molecule has 0 aliphatic heterocycles. The van der Waals surface area contributed by atoms with E-state index in [0.717, 1.165) is 12.8 Å². The van der Waals surface area contributed by atoms with Crippen molar-refractivity contribution in [3.63, 3.8) is 0 Å². The fourth-order valence-corrected chi connectivity index (χ4v) is 1.67. The van der Waals surface area contributed by atoms with Gasteiger partial charge in [-0.05, 0) is 13.3 Å². The lowest BCUT2D eigenvalue weighted by Gasteiger charge is -2.03. The zero-order valence-electron chi connectivity index (χ0n) is 13.6. The first-order valence-electron chi connectivity index (χ1n) is 7.45. The fourth-order valence-electron chi connectivity index (χ4n) is 1.67. The lowest BCUT2D eigenvalue weighted by molar-refractivity contribution is -0.133. The lowest BCUT2D eigenvalue weighted by atomic mass is 10.0. The van der Waals surface area contributed by atoms with Crippen molar-refractivity contribution in [2.75, 3.05) is 0 Å². The number of unbranched alkanes of at least 4 members (excludes halogenated alkanes) is 6. The van der Waals surface area contributed by atoms with E-state index in [1.807, 2.05) is 0 Å². The minimum Gasteiger partial charge on any atom is -0.504 e. The number of ketones is 1. The van der Waals surface area contributed by atoms with Crippen LogP contribution in [-0.4, -0.2) is 36.6 Å². The highest BCUT2D eigenvalue weighted by Crippen LogP contribution is 2.25. The highest BCUT2D eigenvalue weighted by atomic mass is 31.2. The molecule has 5 N–H and O–H groups in total. The molecule has 0 atom stereocenters. The van der Waals surface area contributed by atoms with E-state index in [1.54, 1.807) is 0 Å². The number of aliphatic hydroxyl groups is 1. The van der Waals surface area contributed by atoms with E-state index in [-0.39, 0.29) is 12.0 Å². The molecule has 9 heteroatoms. The molecule has 0 rings (SSSR count). The number of carbonyl (C=O) groups excluding carboxylic acids is 1. The quantitative estimate of drug-likeness (QED) is 0.174. The van der Waals surface area contributed by atoms with Gasteiger partial charge in [0.05, 0.1) is 5.57 Å². The van der Waals surface area contributed by atoms with Crippen molar-refractivity contribution in [3.8, 4) is 0 Å². The van der Waals surface area contributed by atoms with E-state index in [0.29, 0.717) is 6.42 Å². The van der Waals surface area contributed by atoms with Crippen molar-refractivity contribution < 1.29 is 39.0 Å². The molecule has 0 amide bonds. The molecule has 0 aliphatic carbocycles. The molecule has 0 aromatic rings. The van der Waals surface area contributed by atoms with Crippen molar-refractivity contribution in [1.29, 1.82) is 0 Å². The Morgan fingerprint density at radius 2 is 1.26 bits per heavy atom. The Morgan fingerprint density at radius 1 is 0.870 bits per heavy atom. The van der Waals surface area contributed by atoms with Crippen molar-refractivity contribution in [1.82, 2.24) is 0 Å². The van der Waals surface area contributed by atoms with Crippen LogP contribution in [0.1, 0.15) is 65.2 Å². The monoisotopic (exact) mass is 354 g/mol. The van der Waals surface area contributed by atoms with Crippen LogP contribution in [-0.2, 0) is 14.2 Å². The lowest BCUT2D eigenvalue weighted by Crippen LogP contribution is -2.09. The van der Waals surface area contributed by atoms with Crippen LogP contribution in [0.2, 0.25) is 0 Å². The first-order valence-corrected chi connectivity index (χ1v) is 9.01. The molecule has 0 aromatic heterocycles. The van der Waals surface area contributed by atoms with Crippen molar-refractivity contribution in [2.45, 2.75) is 65.2 Å². The topological polar surface area (TPSA) is 152 Å². The summed E-state index contributed by atoms with van der Waals surface area (Å²) < 4.78 is 8.88. The number of phosphoric acid groups is 1. The maximum absolute atomic E-state index is 11.5. The van der Waals surface area contributed by atoms with Crippen LogP contribution < -0.4 is 0 Å². The first kappa shape index (κ1) is 24.0. The van der Waals surface area contributed by atoms with Gasteiger partial charge in [-0.2, -0.15) is 0 Å². The molecule has 0 heterocycles. The van der Waals surface area contributed by atoms with E-state index in [9.17, 15) is 14.7 Å². The third kappa shape index (κ3) is 18.7. The van der Waals surface area contributed by atoms with E-state index in [2.05, 4.69) is 6.92 Å². The molecule has 23 heavy (non-hydrogen) atoms. The van der Waals surface area contributed by atoms with Crippen LogP contribution in [0.5, 0.6) is 0 Å². The van der Waals surface area contributed by atoms with E-state index in [1.165, 1.54) is 32.6 Å². The number of carboxylic acids is 1. The smallest absolute Gasteiger partial charge is 0.466 e. The Morgan fingerprint density at radius 3 is 1.65 bits per heavy atom. The van der Waals surface area contributed by atoms with Crippen molar-refractivity contribution in [3.05, 3.63) is 11.3 Å². The zero-order valence-corrected chi connectivity index (χ0v) is 14.5. The predicted octanol–water partition coefficient (Wildman–Crippen LogP) is 2.68. The Bertz CT molecular complexity index is 430. The standard InChI is InChI=1S/C14H24O4.H3O4P/c1-3-4-5-6-7-8-9-10-12(15)13(16)11(2)14(17)18;1-5(2,3)4/h16H,3-10H2,1-2H3,(H,17,18);(H3,1,2,3,4).